The van der Waals surface area contributed by atoms with Crippen molar-refractivity contribution in [2.24, 2.45) is 0 Å². The molecule has 4 rings (SSSR count). The van der Waals surface area contributed by atoms with Crippen molar-refractivity contribution in [2.45, 2.75) is 58.0 Å². The molecule has 25 heavy (non-hydrogen) atoms. The van der Waals surface area contributed by atoms with E-state index in [1.54, 1.807) is 0 Å². The van der Waals surface area contributed by atoms with Crippen LogP contribution in [0.5, 0.6) is 0 Å². The molecule has 2 aromatic rings. The lowest BCUT2D eigenvalue weighted by atomic mass is 10.0. The number of carbonyl (C=O) groups excluding carboxylic acids is 1. The molecule has 7 heteroatoms. The first-order valence-corrected chi connectivity index (χ1v) is 9.10. The monoisotopic (exact) mass is 343 g/mol. The topological polar surface area (TPSA) is 87.0 Å². The van der Waals surface area contributed by atoms with Crippen LogP contribution in [0.2, 0.25) is 0 Å². The van der Waals surface area contributed by atoms with Gasteiger partial charge in [-0.2, -0.15) is 5.10 Å². The molecule has 3 heterocycles. The minimum atomic E-state index is -0.0627. The van der Waals surface area contributed by atoms with Crippen LogP contribution in [-0.2, 0) is 6.54 Å². The molecule has 1 saturated carbocycles. The molecule has 2 aliphatic rings. The Morgan fingerprint density at radius 1 is 1.32 bits per heavy atom. The molecule has 2 N–H and O–H groups in total. The van der Waals surface area contributed by atoms with Gasteiger partial charge in [0.15, 0.2) is 0 Å². The summed E-state index contributed by atoms with van der Waals surface area (Å²) in [5, 5.41) is 14.3. The second-order valence-corrected chi connectivity index (χ2v) is 7.31. The molecule has 0 atom stereocenters. The highest BCUT2D eigenvalue weighted by Crippen LogP contribution is 2.39. The zero-order valence-corrected chi connectivity index (χ0v) is 14.8. The summed E-state index contributed by atoms with van der Waals surface area (Å²) in [5.74, 6) is 1.42. The fourth-order valence-electron chi connectivity index (χ4n) is 3.50. The quantitative estimate of drug-likeness (QED) is 0.870. The van der Waals surface area contributed by atoms with Gasteiger partial charge >= 0.3 is 0 Å². The fourth-order valence-corrected chi connectivity index (χ4v) is 3.50. The van der Waals surface area contributed by atoms with Crippen LogP contribution in [-0.4, -0.2) is 45.3 Å². The Bertz CT molecular complexity index is 734. The van der Waals surface area contributed by atoms with Crippen molar-refractivity contribution in [2.75, 3.05) is 13.1 Å². The molecule has 0 radical (unpaired) electrons. The first-order chi connectivity index (χ1) is 12.1. The number of nitrogens with zero attached hydrogens (tertiary/aromatic N) is 3. The number of aryl methyl sites for hydroxylation is 2. The summed E-state index contributed by atoms with van der Waals surface area (Å²) in [6, 6.07) is 2.12. The van der Waals surface area contributed by atoms with E-state index in [0.717, 1.165) is 49.6 Å². The van der Waals surface area contributed by atoms with Crippen molar-refractivity contribution in [1.29, 1.82) is 0 Å². The third kappa shape index (κ3) is 3.61. The predicted molar refractivity (Wildman–Crippen MR) is 92.3 cm³/mol. The van der Waals surface area contributed by atoms with Crippen molar-refractivity contribution in [3.8, 4) is 0 Å². The van der Waals surface area contributed by atoms with Gasteiger partial charge < -0.3 is 9.84 Å². The van der Waals surface area contributed by atoms with E-state index < -0.39 is 0 Å². The SMILES string of the molecule is Cc1noc(C)c1CN1CCC(NC(=O)c2cc(C3CC3)[nH]n2)CC1. The minimum Gasteiger partial charge on any atom is -0.361 e. The molecule has 0 bridgehead atoms. The number of rotatable bonds is 5. The summed E-state index contributed by atoms with van der Waals surface area (Å²) in [6.45, 7) is 6.73. The molecule has 0 unspecified atom stereocenters. The number of piperidine rings is 1. The summed E-state index contributed by atoms with van der Waals surface area (Å²) in [4.78, 5) is 14.8. The lowest BCUT2D eigenvalue weighted by Gasteiger charge is -2.32. The Hall–Kier alpha value is -2.15. The zero-order chi connectivity index (χ0) is 17.4. The Morgan fingerprint density at radius 3 is 2.72 bits per heavy atom. The Morgan fingerprint density at radius 2 is 2.08 bits per heavy atom. The number of likely N-dealkylation sites (tertiary alicyclic amines) is 1. The molecule has 0 aromatic carbocycles. The first-order valence-electron chi connectivity index (χ1n) is 9.10. The number of aromatic amines is 1. The second kappa shape index (κ2) is 6.63. The Labute approximate surface area is 147 Å². The van der Waals surface area contributed by atoms with Crippen LogP contribution in [0.3, 0.4) is 0 Å². The number of hydrogen-bond donors (Lipinski definition) is 2. The highest BCUT2D eigenvalue weighted by Gasteiger charge is 2.27. The van der Waals surface area contributed by atoms with Gasteiger partial charge in [-0.1, -0.05) is 5.16 Å². The van der Waals surface area contributed by atoms with Crippen molar-refractivity contribution in [3.63, 3.8) is 0 Å². The fraction of sp³-hybridized carbons (Fsp3) is 0.611. The predicted octanol–water partition coefficient (Wildman–Crippen LogP) is 2.29. The molecule has 1 aliphatic carbocycles. The van der Waals surface area contributed by atoms with E-state index in [2.05, 4.69) is 25.6 Å². The normalized spacial score (nSPS) is 19.3. The van der Waals surface area contributed by atoms with Gasteiger partial charge in [0.05, 0.1) is 5.69 Å². The van der Waals surface area contributed by atoms with Crippen molar-refractivity contribution < 1.29 is 9.32 Å². The molecule has 2 aromatic heterocycles. The van der Waals surface area contributed by atoms with Gasteiger partial charge in [0, 0.05) is 42.9 Å². The summed E-state index contributed by atoms with van der Waals surface area (Å²) in [6.07, 6.45) is 4.31. The van der Waals surface area contributed by atoms with Crippen LogP contribution < -0.4 is 5.32 Å². The average molecular weight is 343 g/mol. The average Bonchev–Trinajstić information content (AvgIpc) is 3.26. The number of carbonyl (C=O) groups is 1. The highest BCUT2D eigenvalue weighted by molar-refractivity contribution is 5.92. The van der Waals surface area contributed by atoms with E-state index in [-0.39, 0.29) is 11.9 Å². The van der Waals surface area contributed by atoms with Gasteiger partial charge in [-0.3, -0.25) is 14.8 Å². The van der Waals surface area contributed by atoms with Gasteiger partial charge in [0.25, 0.3) is 5.91 Å². The second-order valence-electron chi connectivity index (χ2n) is 7.31. The summed E-state index contributed by atoms with van der Waals surface area (Å²) in [5.41, 5.74) is 3.77. The highest BCUT2D eigenvalue weighted by atomic mass is 16.5. The van der Waals surface area contributed by atoms with Crippen LogP contribution >= 0.6 is 0 Å². The number of aromatic nitrogens is 3. The van der Waals surface area contributed by atoms with Gasteiger partial charge in [-0.05, 0) is 45.6 Å². The molecule has 134 valence electrons. The number of hydrogen-bond acceptors (Lipinski definition) is 5. The van der Waals surface area contributed by atoms with Crippen LogP contribution in [0, 0.1) is 13.8 Å². The Balaban J connectivity index is 1.27. The number of H-pyrrole nitrogens is 1. The smallest absolute Gasteiger partial charge is 0.271 e. The van der Waals surface area contributed by atoms with E-state index in [4.69, 9.17) is 4.52 Å². The maximum atomic E-state index is 12.4. The van der Waals surface area contributed by atoms with Crippen LogP contribution in [0.4, 0.5) is 0 Å². The van der Waals surface area contributed by atoms with E-state index in [1.165, 1.54) is 18.4 Å². The molecule has 1 amide bonds. The third-order valence-corrected chi connectivity index (χ3v) is 5.33. The van der Waals surface area contributed by atoms with Gasteiger partial charge in [0.2, 0.25) is 0 Å². The van der Waals surface area contributed by atoms with Gasteiger partial charge in [-0.15, -0.1) is 0 Å². The molecule has 1 aliphatic heterocycles. The van der Waals surface area contributed by atoms with E-state index in [1.807, 2.05) is 19.9 Å². The van der Waals surface area contributed by atoms with Gasteiger partial charge in [0.1, 0.15) is 11.5 Å². The number of amides is 1. The molecular formula is C18H25N5O2. The van der Waals surface area contributed by atoms with Crippen molar-refractivity contribution in [1.82, 2.24) is 25.6 Å². The molecule has 7 nitrogen and oxygen atoms in total. The third-order valence-electron chi connectivity index (χ3n) is 5.33. The van der Waals surface area contributed by atoms with Crippen LogP contribution in [0.25, 0.3) is 0 Å². The zero-order valence-electron chi connectivity index (χ0n) is 14.8. The summed E-state index contributed by atoms with van der Waals surface area (Å²) in [7, 11) is 0. The largest absolute Gasteiger partial charge is 0.361 e. The van der Waals surface area contributed by atoms with Crippen molar-refractivity contribution in [3.05, 3.63) is 34.5 Å². The lowest BCUT2D eigenvalue weighted by Crippen LogP contribution is -2.44. The molecular weight excluding hydrogens is 318 g/mol. The van der Waals surface area contributed by atoms with E-state index in [9.17, 15) is 4.79 Å². The maximum absolute atomic E-state index is 12.4. The van der Waals surface area contributed by atoms with Gasteiger partial charge in [-0.25, -0.2) is 0 Å². The molecule has 0 spiro atoms. The maximum Gasteiger partial charge on any atom is 0.271 e. The Kier molecular flexibility index (Phi) is 4.33. The molecule has 2 fully saturated rings. The van der Waals surface area contributed by atoms with Crippen LogP contribution in [0.1, 0.15) is 64.8 Å². The van der Waals surface area contributed by atoms with E-state index >= 15 is 0 Å². The van der Waals surface area contributed by atoms with E-state index in [0.29, 0.717) is 11.6 Å². The first kappa shape index (κ1) is 16.3. The molecule has 1 saturated heterocycles. The summed E-state index contributed by atoms with van der Waals surface area (Å²) >= 11 is 0. The van der Waals surface area contributed by atoms with Crippen molar-refractivity contribution >= 4 is 5.91 Å². The number of nitrogens with one attached hydrogen (secondary N) is 2. The summed E-state index contributed by atoms with van der Waals surface area (Å²) < 4.78 is 5.24. The van der Waals surface area contributed by atoms with Crippen LogP contribution in [0.15, 0.2) is 10.6 Å². The lowest BCUT2D eigenvalue weighted by molar-refractivity contribution is 0.0904. The minimum absolute atomic E-state index is 0.0627. The standard InChI is InChI=1S/C18H25N5O2/c1-11-15(12(2)25-22-11)10-23-7-5-14(6-8-23)19-18(24)17-9-16(20-21-17)13-3-4-13/h9,13-14H,3-8,10H2,1-2H3,(H,19,24)(H,20,21).